The summed E-state index contributed by atoms with van der Waals surface area (Å²) in [6.07, 6.45) is 0.663. The average molecular weight is 307 g/mol. The molecular weight excluding hydrogens is 286 g/mol. The molecule has 2 aromatic carbocycles. The first-order chi connectivity index (χ1) is 11.3. The van der Waals surface area contributed by atoms with Crippen LogP contribution in [0.4, 0.5) is 0 Å². The molecule has 23 heavy (non-hydrogen) atoms. The lowest BCUT2D eigenvalue weighted by Gasteiger charge is -2.18. The molecule has 0 fully saturated rings. The summed E-state index contributed by atoms with van der Waals surface area (Å²) in [7, 11) is 0. The second kappa shape index (κ2) is 7.31. The molecule has 4 heteroatoms. The summed E-state index contributed by atoms with van der Waals surface area (Å²) >= 11 is 0. The van der Waals surface area contributed by atoms with E-state index < -0.39 is 0 Å². The van der Waals surface area contributed by atoms with Gasteiger partial charge in [-0.3, -0.25) is 0 Å². The van der Waals surface area contributed by atoms with Crippen molar-refractivity contribution in [3.63, 3.8) is 0 Å². The van der Waals surface area contributed by atoms with Crippen molar-refractivity contribution in [1.29, 1.82) is 0 Å². The molecule has 118 valence electrons. The zero-order chi connectivity index (χ0) is 16.1. The number of benzene rings is 2. The van der Waals surface area contributed by atoms with Gasteiger partial charge in [0.1, 0.15) is 5.82 Å². The summed E-state index contributed by atoms with van der Waals surface area (Å²) in [5.41, 5.74) is 3.13. The number of fused-ring (bicyclic) bond motifs is 1. The van der Waals surface area contributed by atoms with E-state index in [9.17, 15) is 5.11 Å². The lowest BCUT2D eigenvalue weighted by molar-refractivity contribution is 0.264. The van der Waals surface area contributed by atoms with Crippen molar-refractivity contribution in [2.75, 3.05) is 6.61 Å². The fraction of sp³-hybridized carbons (Fsp3) is 0.263. The van der Waals surface area contributed by atoms with E-state index in [4.69, 9.17) is 0 Å². The molecule has 2 N–H and O–H groups in total. The Morgan fingerprint density at radius 1 is 1.00 bits per heavy atom. The van der Waals surface area contributed by atoms with E-state index in [-0.39, 0.29) is 12.6 Å². The smallest absolute Gasteiger partial charge is 0.143 e. The van der Waals surface area contributed by atoms with E-state index in [1.807, 2.05) is 49.4 Å². The van der Waals surface area contributed by atoms with Gasteiger partial charge in [-0.15, -0.1) is 0 Å². The van der Waals surface area contributed by atoms with Gasteiger partial charge in [0.25, 0.3) is 0 Å². The number of rotatable bonds is 6. The van der Waals surface area contributed by atoms with Gasteiger partial charge in [-0.1, -0.05) is 48.5 Å². The Hall–Kier alpha value is -2.30. The minimum absolute atomic E-state index is 0.0941. The predicted octanol–water partition coefficient (Wildman–Crippen LogP) is 3.15. The second-order valence-electron chi connectivity index (χ2n) is 5.60. The van der Waals surface area contributed by atoms with Crippen LogP contribution >= 0.6 is 0 Å². The van der Waals surface area contributed by atoms with Crippen molar-refractivity contribution in [1.82, 2.24) is 15.3 Å². The number of aliphatic hydroxyl groups is 1. The molecule has 0 bridgehead atoms. The molecule has 1 atom stereocenters. The van der Waals surface area contributed by atoms with Gasteiger partial charge in [-0.2, -0.15) is 0 Å². The first kappa shape index (κ1) is 15.6. The molecule has 4 nitrogen and oxygen atoms in total. The number of aryl methyl sites for hydroxylation is 1. The highest BCUT2D eigenvalue weighted by Gasteiger charge is 2.11. The lowest BCUT2D eigenvalue weighted by Crippen LogP contribution is -2.23. The van der Waals surface area contributed by atoms with Crippen LogP contribution in [0, 0.1) is 6.92 Å². The quantitative estimate of drug-likeness (QED) is 0.734. The first-order valence-corrected chi connectivity index (χ1v) is 7.89. The number of nitrogens with zero attached hydrogens (tertiary/aromatic N) is 2. The van der Waals surface area contributed by atoms with Crippen molar-refractivity contribution in [2.45, 2.75) is 25.9 Å². The highest BCUT2D eigenvalue weighted by molar-refractivity contribution is 5.80. The van der Waals surface area contributed by atoms with Crippen LogP contribution in [-0.4, -0.2) is 21.7 Å². The maximum atomic E-state index is 9.31. The molecule has 3 aromatic rings. The van der Waals surface area contributed by atoms with Gasteiger partial charge >= 0.3 is 0 Å². The van der Waals surface area contributed by atoms with Crippen LogP contribution in [0.3, 0.4) is 0 Å². The summed E-state index contributed by atoms with van der Waals surface area (Å²) in [5, 5.41) is 13.9. The van der Waals surface area contributed by atoms with Crippen molar-refractivity contribution in [3.05, 3.63) is 71.7 Å². The Bertz CT molecular complexity index is 774. The molecule has 3 rings (SSSR count). The van der Waals surface area contributed by atoms with Gasteiger partial charge in [-0.05, 0) is 25.0 Å². The van der Waals surface area contributed by atoms with Crippen LogP contribution in [0.1, 0.15) is 29.5 Å². The van der Waals surface area contributed by atoms with Crippen LogP contribution in [0.5, 0.6) is 0 Å². The Balaban J connectivity index is 1.78. The van der Waals surface area contributed by atoms with Crippen LogP contribution in [0.25, 0.3) is 10.9 Å². The van der Waals surface area contributed by atoms with Gasteiger partial charge in [0.2, 0.25) is 0 Å². The van der Waals surface area contributed by atoms with Crippen molar-refractivity contribution < 1.29 is 5.11 Å². The minimum Gasteiger partial charge on any atom is -0.396 e. The van der Waals surface area contributed by atoms with Crippen molar-refractivity contribution in [3.8, 4) is 0 Å². The topological polar surface area (TPSA) is 58.0 Å². The Labute approximate surface area is 136 Å². The molecule has 0 aliphatic rings. The molecule has 0 aliphatic heterocycles. The Morgan fingerprint density at radius 2 is 1.74 bits per heavy atom. The number of para-hydroxylation sites is 1. The van der Waals surface area contributed by atoms with Crippen molar-refractivity contribution in [2.24, 2.45) is 0 Å². The normalized spacial score (nSPS) is 12.4. The highest BCUT2D eigenvalue weighted by Crippen LogP contribution is 2.18. The van der Waals surface area contributed by atoms with E-state index >= 15 is 0 Å². The molecule has 1 unspecified atom stereocenters. The minimum atomic E-state index is 0.0941. The molecule has 0 saturated heterocycles. The third kappa shape index (κ3) is 3.73. The van der Waals surface area contributed by atoms with E-state index in [2.05, 4.69) is 27.4 Å². The van der Waals surface area contributed by atoms with Gasteiger partial charge in [0.15, 0.2) is 0 Å². The molecule has 0 amide bonds. The maximum Gasteiger partial charge on any atom is 0.143 e. The van der Waals surface area contributed by atoms with E-state index in [0.717, 1.165) is 22.4 Å². The van der Waals surface area contributed by atoms with E-state index in [0.29, 0.717) is 13.0 Å². The number of aromatic nitrogens is 2. The predicted molar refractivity (Wildman–Crippen MR) is 92.0 cm³/mol. The number of aliphatic hydroxyl groups excluding tert-OH is 1. The first-order valence-electron chi connectivity index (χ1n) is 7.89. The molecule has 0 saturated carbocycles. The SMILES string of the molecule is Cc1nc(CNC(CCO)c2ccccc2)nc2ccccc12. The molecule has 0 aliphatic carbocycles. The maximum absolute atomic E-state index is 9.31. The monoisotopic (exact) mass is 307 g/mol. The second-order valence-corrected chi connectivity index (χ2v) is 5.60. The van der Waals surface area contributed by atoms with Gasteiger partial charge in [0, 0.05) is 23.7 Å². The summed E-state index contributed by atoms with van der Waals surface area (Å²) in [6, 6.07) is 18.3. The van der Waals surface area contributed by atoms with Gasteiger partial charge < -0.3 is 10.4 Å². The summed E-state index contributed by atoms with van der Waals surface area (Å²) in [4.78, 5) is 9.22. The van der Waals surface area contributed by atoms with Crippen molar-refractivity contribution >= 4 is 10.9 Å². The fourth-order valence-electron chi connectivity index (χ4n) is 2.79. The molecule has 1 heterocycles. The number of hydrogen-bond acceptors (Lipinski definition) is 4. The highest BCUT2D eigenvalue weighted by atomic mass is 16.3. The van der Waals surface area contributed by atoms with Crippen LogP contribution in [0.2, 0.25) is 0 Å². The fourth-order valence-corrected chi connectivity index (χ4v) is 2.79. The Morgan fingerprint density at radius 3 is 2.52 bits per heavy atom. The van der Waals surface area contributed by atoms with Crippen LogP contribution in [0.15, 0.2) is 54.6 Å². The van der Waals surface area contributed by atoms with E-state index in [1.165, 1.54) is 5.56 Å². The average Bonchev–Trinajstić information content (AvgIpc) is 2.59. The zero-order valence-corrected chi connectivity index (χ0v) is 13.2. The molecule has 1 aromatic heterocycles. The molecule has 0 spiro atoms. The van der Waals surface area contributed by atoms with Gasteiger partial charge in [0.05, 0.1) is 12.1 Å². The Kier molecular flexibility index (Phi) is 4.95. The molecular formula is C19H21N3O. The zero-order valence-electron chi connectivity index (χ0n) is 13.2. The number of hydrogen-bond donors (Lipinski definition) is 2. The van der Waals surface area contributed by atoms with Gasteiger partial charge in [-0.25, -0.2) is 9.97 Å². The summed E-state index contributed by atoms with van der Waals surface area (Å²) in [5.74, 6) is 0.778. The summed E-state index contributed by atoms with van der Waals surface area (Å²) in [6.45, 7) is 2.73. The third-order valence-corrected chi connectivity index (χ3v) is 3.97. The van der Waals surface area contributed by atoms with E-state index in [1.54, 1.807) is 0 Å². The standard InChI is InChI=1S/C19H21N3O/c1-14-16-9-5-6-10-18(16)22-19(21-14)13-20-17(11-12-23)15-7-3-2-4-8-15/h2-10,17,20,23H,11-13H2,1H3. The van der Waals surface area contributed by atoms with Crippen LogP contribution in [-0.2, 0) is 6.54 Å². The van der Waals surface area contributed by atoms with Crippen LogP contribution < -0.4 is 5.32 Å². The lowest BCUT2D eigenvalue weighted by atomic mass is 10.0. The summed E-state index contributed by atoms with van der Waals surface area (Å²) < 4.78 is 0. The largest absolute Gasteiger partial charge is 0.396 e. The molecule has 0 radical (unpaired) electrons. The number of nitrogens with one attached hydrogen (secondary N) is 1. The third-order valence-electron chi connectivity index (χ3n) is 3.97.